The molecule has 0 aliphatic rings. The van der Waals surface area contributed by atoms with Gasteiger partial charge in [0.25, 0.3) is 5.91 Å². The van der Waals surface area contributed by atoms with Crippen molar-refractivity contribution in [3.63, 3.8) is 0 Å². The van der Waals surface area contributed by atoms with Crippen molar-refractivity contribution >= 4 is 17.3 Å². The van der Waals surface area contributed by atoms with E-state index in [9.17, 15) is 9.18 Å². The molecule has 2 rings (SSSR count). The van der Waals surface area contributed by atoms with Crippen LogP contribution < -0.4 is 10.2 Å². The highest BCUT2D eigenvalue weighted by Crippen LogP contribution is 2.22. The van der Waals surface area contributed by atoms with Crippen molar-refractivity contribution in [2.24, 2.45) is 0 Å². The van der Waals surface area contributed by atoms with Gasteiger partial charge in [0.1, 0.15) is 5.82 Å². The summed E-state index contributed by atoms with van der Waals surface area (Å²) in [6.45, 7) is 0. The molecule has 0 aliphatic carbocycles. The molecule has 5 heteroatoms. The fourth-order valence-corrected chi connectivity index (χ4v) is 1.81. The summed E-state index contributed by atoms with van der Waals surface area (Å²) in [5.41, 5.74) is 1.14. The van der Waals surface area contributed by atoms with Gasteiger partial charge in [0.15, 0.2) is 0 Å². The number of anilines is 2. The van der Waals surface area contributed by atoms with E-state index >= 15 is 0 Å². The highest BCUT2D eigenvalue weighted by atomic mass is 19.1. The molecule has 1 aromatic heterocycles. The number of aromatic nitrogens is 1. The van der Waals surface area contributed by atoms with Crippen LogP contribution in [0.15, 0.2) is 42.7 Å². The van der Waals surface area contributed by atoms with Gasteiger partial charge in [0, 0.05) is 20.3 Å². The number of carbonyl (C=O) groups excluding carboxylic acids is 1. The third kappa shape index (κ3) is 2.54. The fraction of sp³-hybridized carbons (Fsp3) is 0.143. The number of para-hydroxylation sites is 1. The summed E-state index contributed by atoms with van der Waals surface area (Å²) in [5, 5.41) is 2.71. The standard InChI is InChI=1S/C14H14FN3O/c1-16-13-11(6-3-7-12(13)15)14(19)18(2)10-5-4-8-17-9-10/h3-9,16H,1-2H3. The number of hydrogen-bond acceptors (Lipinski definition) is 3. The fourth-order valence-electron chi connectivity index (χ4n) is 1.81. The smallest absolute Gasteiger partial charge is 0.260 e. The molecular weight excluding hydrogens is 245 g/mol. The van der Waals surface area contributed by atoms with Crippen molar-refractivity contribution in [2.75, 3.05) is 24.3 Å². The molecule has 0 atom stereocenters. The molecular formula is C14H14FN3O. The summed E-state index contributed by atoms with van der Waals surface area (Å²) in [6, 6.07) is 7.92. The molecule has 0 fully saturated rings. The van der Waals surface area contributed by atoms with Gasteiger partial charge in [-0.1, -0.05) is 6.07 Å². The van der Waals surface area contributed by atoms with E-state index in [-0.39, 0.29) is 17.2 Å². The van der Waals surface area contributed by atoms with E-state index in [1.807, 2.05) is 0 Å². The van der Waals surface area contributed by atoms with E-state index in [1.54, 1.807) is 44.7 Å². The number of nitrogens with one attached hydrogen (secondary N) is 1. The number of nitrogens with zero attached hydrogens (tertiary/aromatic N) is 2. The van der Waals surface area contributed by atoms with Crippen LogP contribution in [0.5, 0.6) is 0 Å². The van der Waals surface area contributed by atoms with Gasteiger partial charge >= 0.3 is 0 Å². The lowest BCUT2D eigenvalue weighted by Gasteiger charge is -2.18. The van der Waals surface area contributed by atoms with Crippen LogP contribution in [0.25, 0.3) is 0 Å². The van der Waals surface area contributed by atoms with Crippen LogP contribution in [-0.2, 0) is 0 Å². The van der Waals surface area contributed by atoms with Crippen molar-refractivity contribution < 1.29 is 9.18 Å². The molecule has 0 bridgehead atoms. The Morgan fingerprint density at radius 2 is 2.11 bits per heavy atom. The normalized spacial score (nSPS) is 10.1. The molecule has 1 aromatic carbocycles. The van der Waals surface area contributed by atoms with E-state index < -0.39 is 5.82 Å². The maximum absolute atomic E-state index is 13.6. The highest BCUT2D eigenvalue weighted by Gasteiger charge is 2.18. The third-order valence-corrected chi connectivity index (χ3v) is 2.83. The van der Waals surface area contributed by atoms with Crippen LogP contribution in [-0.4, -0.2) is 25.0 Å². The summed E-state index contributed by atoms with van der Waals surface area (Å²) >= 11 is 0. The number of amides is 1. The van der Waals surface area contributed by atoms with Gasteiger partial charge in [0.2, 0.25) is 0 Å². The number of hydrogen-bond donors (Lipinski definition) is 1. The van der Waals surface area contributed by atoms with Gasteiger partial charge in [-0.05, 0) is 24.3 Å². The first kappa shape index (κ1) is 13.0. The first-order valence-corrected chi connectivity index (χ1v) is 5.79. The number of pyridine rings is 1. The maximum Gasteiger partial charge on any atom is 0.260 e. The van der Waals surface area contributed by atoms with E-state index in [1.165, 1.54) is 17.0 Å². The molecule has 1 amide bonds. The highest BCUT2D eigenvalue weighted by molar-refractivity contribution is 6.09. The average molecular weight is 259 g/mol. The van der Waals surface area contributed by atoms with Crippen molar-refractivity contribution in [1.29, 1.82) is 0 Å². The van der Waals surface area contributed by atoms with E-state index in [2.05, 4.69) is 10.3 Å². The van der Waals surface area contributed by atoms with Gasteiger partial charge < -0.3 is 10.2 Å². The summed E-state index contributed by atoms with van der Waals surface area (Å²) in [4.78, 5) is 17.8. The first-order valence-electron chi connectivity index (χ1n) is 5.79. The van der Waals surface area contributed by atoms with Crippen molar-refractivity contribution in [1.82, 2.24) is 4.98 Å². The molecule has 4 nitrogen and oxygen atoms in total. The van der Waals surface area contributed by atoms with Gasteiger partial charge in [-0.3, -0.25) is 9.78 Å². The number of carbonyl (C=O) groups is 1. The van der Waals surface area contributed by atoms with Crippen LogP contribution in [0, 0.1) is 5.82 Å². The molecule has 0 spiro atoms. The van der Waals surface area contributed by atoms with E-state index in [0.717, 1.165) is 0 Å². The molecule has 98 valence electrons. The number of rotatable bonds is 3. The van der Waals surface area contributed by atoms with Gasteiger partial charge in [-0.25, -0.2) is 4.39 Å². The maximum atomic E-state index is 13.6. The second-order valence-electron chi connectivity index (χ2n) is 3.99. The monoisotopic (exact) mass is 259 g/mol. The Hall–Kier alpha value is -2.43. The molecule has 19 heavy (non-hydrogen) atoms. The lowest BCUT2D eigenvalue weighted by atomic mass is 10.1. The van der Waals surface area contributed by atoms with Crippen LogP contribution >= 0.6 is 0 Å². The minimum atomic E-state index is -0.451. The second kappa shape index (κ2) is 5.48. The first-order chi connectivity index (χ1) is 9.15. The number of benzene rings is 1. The minimum Gasteiger partial charge on any atom is -0.385 e. The van der Waals surface area contributed by atoms with Crippen molar-refractivity contribution in [3.05, 3.63) is 54.1 Å². The van der Waals surface area contributed by atoms with Crippen LogP contribution in [0.2, 0.25) is 0 Å². The van der Waals surface area contributed by atoms with Crippen LogP contribution in [0.3, 0.4) is 0 Å². The molecule has 1 heterocycles. The Kier molecular flexibility index (Phi) is 3.75. The van der Waals surface area contributed by atoms with Crippen molar-refractivity contribution in [3.8, 4) is 0 Å². The largest absolute Gasteiger partial charge is 0.385 e. The zero-order chi connectivity index (χ0) is 13.8. The van der Waals surface area contributed by atoms with Crippen LogP contribution in [0.1, 0.15) is 10.4 Å². The molecule has 1 N–H and O–H groups in total. The van der Waals surface area contributed by atoms with Gasteiger partial charge in [-0.2, -0.15) is 0 Å². The molecule has 0 saturated heterocycles. The Bertz CT molecular complexity index is 586. The Labute approximate surface area is 110 Å². The zero-order valence-electron chi connectivity index (χ0n) is 10.7. The summed E-state index contributed by atoms with van der Waals surface area (Å²) in [7, 11) is 3.21. The van der Waals surface area contributed by atoms with E-state index in [0.29, 0.717) is 5.69 Å². The predicted molar refractivity (Wildman–Crippen MR) is 72.9 cm³/mol. The Balaban J connectivity index is 2.37. The van der Waals surface area contributed by atoms with E-state index in [4.69, 9.17) is 0 Å². The van der Waals surface area contributed by atoms with Crippen LogP contribution in [0.4, 0.5) is 15.8 Å². The lowest BCUT2D eigenvalue weighted by Crippen LogP contribution is -2.27. The second-order valence-corrected chi connectivity index (χ2v) is 3.99. The predicted octanol–water partition coefficient (Wildman–Crippen LogP) is 2.54. The SMILES string of the molecule is CNc1c(F)cccc1C(=O)N(C)c1cccnc1. The molecule has 2 aromatic rings. The quantitative estimate of drug-likeness (QED) is 0.921. The Morgan fingerprint density at radius 3 is 2.74 bits per heavy atom. The van der Waals surface area contributed by atoms with Gasteiger partial charge in [-0.15, -0.1) is 0 Å². The zero-order valence-corrected chi connectivity index (χ0v) is 10.7. The molecule has 0 aliphatic heterocycles. The molecule has 0 unspecified atom stereocenters. The summed E-state index contributed by atoms with van der Waals surface area (Å²) in [5.74, 6) is -0.746. The minimum absolute atomic E-state index is 0.197. The van der Waals surface area contributed by atoms with Gasteiger partial charge in [0.05, 0.1) is 23.1 Å². The topological polar surface area (TPSA) is 45.2 Å². The molecule has 0 radical (unpaired) electrons. The van der Waals surface area contributed by atoms with Crippen molar-refractivity contribution in [2.45, 2.75) is 0 Å². The molecule has 0 saturated carbocycles. The number of halogens is 1. The Morgan fingerprint density at radius 1 is 1.32 bits per heavy atom. The lowest BCUT2D eigenvalue weighted by molar-refractivity contribution is 0.0993. The summed E-state index contributed by atoms with van der Waals surface area (Å²) in [6.07, 6.45) is 3.21. The average Bonchev–Trinajstić information content (AvgIpc) is 2.46. The summed E-state index contributed by atoms with van der Waals surface area (Å²) < 4.78 is 13.6. The third-order valence-electron chi connectivity index (χ3n) is 2.83.